The van der Waals surface area contributed by atoms with Crippen LogP contribution >= 0.6 is 0 Å². The summed E-state index contributed by atoms with van der Waals surface area (Å²) in [6.07, 6.45) is 0.00983. The van der Waals surface area contributed by atoms with Crippen molar-refractivity contribution in [2.24, 2.45) is 0 Å². The number of para-hydroxylation sites is 2. The molecular weight excluding hydrogens is 366 g/mol. The topological polar surface area (TPSA) is 104 Å². The maximum absolute atomic E-state index is 12.4. The van der Waals surface area contributed by atoms with Gasteiger partial charge in [0.2, 0.25) is 0 Å². The lowest BCUT2D eigenvalue weighted by Crippen LogP contribution is -2.31. The monoisotopic (exact) mass is 387 g/mol. The molecule has 1 aromatic heterocycles. The second-order valence-electron chi connectivity index (χ2n) is 6.29. The van der Waals surface area contributed by atoms with Gasteiger partial charge in [0.25, 0.3) is 5.91 Å². The van der Waals surface area contributed by atoms with E-state index in [1.165, 1.54) is 7.11 Å². The highest BCUT2D eigenvalue weighted by Crippen LogP contribution is 2.35. The largest absolute Gasteiger partial charge is 0.485 e. The van der Waals surface area contributed by atoms with Crippen molar-refractivity contribution in [1.82, 2.24) is 5.32 Å². The smallest absolute Gasteiger partial charge is 0.349 e. The number of methoxy groups -OCH3 is 1. The molecule has 0 saturated heterocycles. The molecule has 2 heterocycles. The Morgan fingerprint density at radius 1 is 1.25 bits per heavy atom. The number of benzene rings is 1. The van der Waals surface area contributed by atoms with Crippen molar-refractivity contribution >= 4 is 11.9 Å². The van der Waals surface area contributed by atoms with Crippen LogP contribution in [-0.2, 0) is 9.53 Å². The number of aryl methyl sites for hydroxylation is 1. The van der Waals surface area contributed by atoms with Gasteiger partial charge in [0.05, 0.1) is 7.11 Å². The van der Waals surface area contributed by atoms with E-state index in [1.807, 2.05) is 12.1 Å². The summed E-state index contributed by atoms with van der Waals surface area (Å²) in [6, 6.07) is 8.82. The lowest BCUT2D eigenvalue weighted by molar-refractivity contribution is -0.140. The quantitative estimate of drug-likeness (QED) is 0.598. The van der Waals surface area contributed by atoms with Crippen LogP contribution in [0.3, 0.4) is 0 Å². The van der Waals surface area contributed by atoms with Crippen LogP contribution in [-0.4, -0.2) is 32.1 Å². The molecule has 1 aliphatic rings. The lowest BCUT2D eigenvalue weighted by atomic mass is 10.1. The Morgan fingerprint density at radius 3 is 2.71 bits per heavy atom. The van der Waals surface area contributed by atoms with Crippen molar-refractivity contribution in [1.29, 1.82) is 0 Å². The van der Waals surface area contributed by atoms with E-state index in [0.717, 1.165) is 0 Å². The molecule has 0 bridgehead atoms. The number of amides is 1. The van der Waals surface area contributed by atoms with Gasteiger partial charge in [-0.15, -0.1) is 0 Å². The van der Waals surface area contributed by atoms with E-state index >= 15 is 0 Å². The van der Waals surface area contributed by atoms with Crippen LogP contribution in [0.4, 0.5) is 0 Å². The predicted molar refractivity (Wildman–Crippen MR) is 98.6 cm³/mol. The number of carbonyl (C=O) groups excluding carboxylic acids is 2. The highest BCUT2D eigenvalue weighted by Gasteiger charge is 2.26. The number of nitrogens with one attached hydrogen (secondary N) is 1. The Bertz CT molecular complexity index is 934. The second kappa shape index (κ2) is 8.60. The molecular formula is C20H21NO7. The zero-order valence-corrected chi connectivity index (χ0v) is 15.7. The van der Waals surface area contributed by atoms with Gasteiger partial charge in [0, 0.05) is 13.0 Å². The van der Waals surface area contributed by atoms with Crippen molar-refractivity contribution in [3.8, 4) is 11.5 Å². The molecule has 1 aliphatic heterocycles. The van der Waals surface area contributed by atoms with Gasteiger partial charge >= 0.3 is 11.6 Å². The van der Waals surface area contributed by atoms with E-state index < -0.39 is 17.6 Å². The van der Waals surface area contributed by atoms with Gasteiger partial charge in [-0.25, -0.2) is 4.79 Å². The third-order valence-electron chi connectivity index (χ3n) is 4.29. The first-order valence-corrected chi connectivity index (χ1v) is 8.87. The van der Waals surface area contributed by atoms with E-state index in [-0.39, 0.29) is 31.1 Å². The van der Waals surface area contributed by atoms with Gasteiger partial charge < -0.3 is 23.9 Å². The van der Waals surface area contributed by atoms with Crippen LogP contribution in [0.1, 0.15) is 40.6 Å². The Labute approximate surface area is 161 Å². The van der Waals surface area contributed by atoms with E-state index in [1.54, 1.807) is 25.1 Å². The molecule has 1 atom stereocenters. The van der Waals surface area contributed by atoms with Crippen LogP contribution in [0, 0.1) is 6.92 Å². The molecule has 1 unspecified atom stereocenters. The summed E-state index contributed by atoms with van der Waals surface area (Å²) in [4.78, 5) is 35.8. The number of esters is 1. The normalized spacial score (nSPS) is 15.0. The standard InChI is InChI=1S/C20H21NO7/c1-12-10-15(16-11-26-13-6-3-4-7-14(13)27-16)28-20(24)18(12)19(23)21-9-5-8-17(22)25-2/h3-4,6-7,10,16H,5,8-9,11H2,1-2H3,(H,21,23). The Balaban J connectivity index is 1.69. The fraction of sp³-hybridized carbons (Fsp3) is 0.350. The van der Waals surface area contributed by atoms with Crippen molar-refractivity contribution in [2.45, 2.75) is 25.9 Å². The maximum Gasteiger partial charge on any atom is 0.349 e. The molecule has 0 saturated carbocycles. The Hall–Kier alpha value is -3.29. The summed E-state index contributed by atoms with van der Waals surface area (Å²) < 4.78 is 21.3. The lowest BCUT2D eigenvalue weighted by Gasteiger charge is -2.25. The average Bonchev–Trinajstić information content (AvgIpc) is 2.70. The van der Waals surface area contributed by atoms with Gasteiger partial charge in [-0.3, -0.25) is 9.59 Å². The number of hydrogen-bond acceptors (Lipinski definition) is 7. The molecule has 1 aromatic carbocycles. The fourth-order valence-corrected chi connectivity index (χ4v) is 2.85. The minimum absolute atomic E-state index is 0.0704. The average molecular weight is 387 g/mol. The zero-order chi connectivity index (χ0) is 20.1. The third kappa shape index (κ3) is 4.33. The van der Waals surface area contributed by atoms with Gasteiger partial charge in [0.1, 0.15) is 12.2 Å². The third-order valence-corrected chi connectivity index (χ3v) is 4.29. The summed E-state index contributed by atoms with van der Waals surface area (Å²) in [5.41, 5.74) is -0.346. The summed E-state index contributed by atoms with van der Waals surface area (Å²) >= 11 is 0. The number of carbonyl (C=O) groups is 2. The summed E-state index contributed by atoms with van der Waals surface area (Å²) in [5, 5.41) is 2.61. The van der Waals surface area contributed by atoms with Crippen LogP contribution < -0.4 is 20.4 Å². The summed E-state index contributed by atoms with van der Waals surface area (Å²) in [7, 11) is 1.30. The molecule has 1 N–H and O–H groups in total. The van der Waals surface area contributed by atoms with Gasteiger partial charge in [-0.1, -0.05) is 12.1 Å². The van der Waals surface area contributed by atoms with Crippen LogP contribution in [0.5, 0.6) is 11.5 Å². The van der Waals surface area contributed by atoms with Crippen LogP contribution in [0.15, 0.2) is 39.5 Å². The molecule has 0 radical (unpaired) electrons. The van der Waals surface area contributed by atoms with Crippen LogP contribution in [0.2, 0.25) is 0 Å². The molecule has 3 rings (SSSR count). The maximum atomic E-state index is 12.4. The molecule has 2 aromatic rings. The molecule has 148 valence electrons. The Kier molecular flexibility index (Phi) is 5.98. The van der Waals surface area contributed by atoms with E-state index in [9.17, 15) is 14.4 Å². The first-order valence-electron chi connectivity index (χ1n) is 8.87. The predicted octanol–water partition coefficient (Wildman–Crippen LogP) is 2.14. The minimum atomic E-state index is -0.747. The van der Waals surface area contributed by atoms with Crippen molar-refractivity contribution < 1.29 is 28.2 Å². The molecule has 0 spiro atoms. The second-order valence-corrected chi connectivity index (χ2v) is 6.29. The molecule has 8 heteroatoms. The molecule has 28 heavy (non-hydrogen) atoms. The first-order chi connectivity index (χ1) is 13.5. The zero-order valence-electron chi connectivity index (χ0n) is 15.7. The van der Waals surface area contributed by atoms with Gasteiger partial charge in [0.15, 0.2) is 23.4 Å². The van der Waals surface area contributed by atoms with Crippen molar-refractivity contribution in [3.05, 3.63) is 57.6 Å². The number of ether oxygens (including phenoxy) is 3. The fourth-order valence-electron chi connectivity index (χ4n) is 2.85. The molecule has 0 aliphatic carbocycles. The molecule has 1 amide bonds. The number of fused-ring (bicyclic) bond motifs is 1. The SMILES string of the molecule is COC(=O)CCCNC(=O)c1c(C)cc(C2COc3ccccc3O2)oc1=O. The van der Waals surface area contributed by atoms with Gasteiger partial charge in [-0.2, -0.15) is 0 Å². The van der Waals surface area contributed by atoms with E-state index in [4.69, 9.17) is 13.9 Å². The van der Waals surface area contributed by atoms with E-state index in [0.29, 0.717) is 29.2 Å². The minimum Gasteiger partial charge on any atom is -0.485 e. The Morgan fingerprint density at radius 2 is 2.00 bits per heavy atom. The summed E-state index contributed by atoms with van der Waals surface area (Å²) in [5.74, 6) is 0.575. The molecule has 8 nitrogen and oxygen atoms in total. The highest BCUT2D eigenvalue weighted by atomic mass is 16.6. The first kappa shape index (κ1) is 19.5. The van der Waals surface area contributed by atoms with Crippen LogP contribution in [0.25, 0.3) is 0 Å². The van der Waals surface area contributed by atoms with Crippen molar-refractivity contribution in [3.63, 3.8) is 0 Å². The number of hydrogen-bond donors (Lipinski definition) is 1. The van der Waals surface area contributed by atoms with Gasteiger partial charge in [-0.05, 0) is 37.1 Å². The number of rotatable bonds is 6. The highest BCUT2D eigenvalue weighted by molar-refractivity contribution is 5.95. The summed E-state index contributed by atoms with van der Waals surface area (Å²) in [6.45, 7) is 2.09. The van der Waals surface area contributed by atoms with E-state index in [2.05, 4.69) is 10.1 Å². The molecule has 0 fully saturated rings. The van der Waals surface area contributed by atoms with Crippen molar-refractivity contribution in [2.75, 3.05) is 20.3 Å².